The number of ether oxygens (including phenoxy) is 1. The van der Waals surface area contributed by atoms with Crippen LogP contribution in [0.5, 0.6) is 0 Å². The summed E-state index contributed by atoms with van der Waals surface area (Å²) >= 11 is 0. The van der Waals surface area contributed by atoms with E-state index in [9.17, 15) is 4.79 Å². The van der Waals surface area contributed by atoms with Crippen molar-refractivity contribution >= 4 is 21.6 Å². The van der Waals surface area contributed by atoms with Crippen molar-refractivity contribution in [3.63, 3.8) is 0 Å². The summed E-state index contributed by atoms with van der Waals surface area (Å²) in [6.45, 7) is 11.4. The molecule has 4 radical (unpaired) electrons. The molecule has 3 heterocycles. The molecule has 1 aromatic heterocycles. The quantitative estimate of drug-likeness (QED) is 0.747. The van der Waals surface area contributed by atoms with E-state index in [0.717, 1.165) is 19.5 Å². The molecular weight excluding hydrogens is 336 g/mol. The predicted molar refractivity (Wildman–Crippen MR) is 110 cm³/mol. The molecule has 5 nitrogen and oxygen atoms in total. The lowest BCUT2D eigenvalue weighted by Crippen LogP contribution is -2.60. The highest BCUT2D eigenvalue weighted by molar-refractivity contribution is 6.39. The Kier molecular flexibility index (Phi) is 7.52. The third-order valence-corrected chi connectivity index (χ3v) is 5.52. The van der Waals surface area contributed by atoms with Crippen LogP contribution in [0.25, 0.3) is 0 Å². The highest BCUT2D eigenvalue weighted by Gasteiger charge is 2.39. The average Bonchev–Trinajstić information content (AvgIpc) is 3.10. The third-order valence-electron chi connectivity index (χ3n) is 5.52. The second kappa shape index (κ2) is 9.24. The monoisotopic (exact) mass is 367 g/mol. The molecule has 0 aliphatic carbocycles. The molecule has 0 N–H and O–H groups in total. The van der Waals surface area contributed by atoms with Gasteiger partial charge in [-0.05, 0) is 35.7 Å². The summed E-state index contributed by atoms with van der Waals surface area (Å²) < 4.78 is 5.33. The van der Waals surface area contributed by atoms with Crippen molar-refractivity contribution in [2.75, 3.05) is 33.3 Å². The first-order valence-electron chi connectivity index (χ1n) is 9.95. The minimum absolute atomic E-state index is 0.0964. The standard InChI is InChI=1S/C18H25B2N3O2.C2H6/c1-12(2)13-9-23(10-13)18(19,20)16-6-4-5-15(21-16)17(24)22-8-7-14(11-22)25-3;1-2/h4-6,12-14H,7-11H2,1-3H3;1-2H3. The number of likely N-dealkylation sites (tertiary alicyclic amines) is 2. The first-order chi connectivity index (χ1) is 12.8. The molecule has 2 aliphatic rings. The Morgan fingerprint density at radius 1 is 1.26 bits per heavy atom. The van der Waals surface area contributed by atoms with Crippen LogP contribution in [0.4, 0.5) is 0 Å². The molecule has 2 saturated heterocycles. The van der Waals surface area contributed by atoms with Crippen molar-refractivity contribution in [3.05, 3.63) is 29.6 Å². The maximum Gasteiger partial charge on any atom is 0.272 e. The number of aromatic nitrogens is 1. The van der Waals surface area contributed by atoms with Crippen LogP contribution in [0.3, 0.4) is 0 Å². The van der Waals surface area contributed by atoms with E-state index in [4.69, 9.17) is 20.4 Å². The Morgan fingerprint density at radius 2 is 1.93 bits per heavy atom. The van der Waals surface area contributed by atoms with Gasteiger partial charge in [0.15, 0.2) is 0 Å². The summed E-state index contributed by atoms with van der Waals surface area (Å²) in [4.78, 5) is 21.0. The maximum atomic E-state index is 12.7. The van der Waals surface area contributed by atoms with Gasteiger partial charge in [-0.2, -0.15) is 0 Å². The SMILES string of the molecule is CC.[B]C([B])(c1cccc(C(=O)N2CCC(OC)C2)n1)N1CC(C(C)C)C1. The molecule has 0 aromatic carbocycles. The van der Waals surface area contributed by atoms with E-state index >= 15 is 0 Å². The van der Waals surface area contributed by atoms with Crippen LogP contribution in [-0.4, -0.2) is 75.8 Å². The maximum absolute atomic E-state index is 12.7. The van der Waals surface area contributed by atoms with Crippen LogP contribution < -0.4 is 0 Å². The topological polar surface area (TPSA) is 45.7 Å². The number of methoxy groups -OCH3 is 1. The summed E-state index contributed by atoms with van der Waals surface area (Å²) in [6.07, 6.45) is 0.952. The second-order valence-electron chi connectivity index (χ2n) is 7.54. The van der Waals surface area contributed by atoms with Gasteiger partial charge in [0.05, 0.1) is 21.8 Å². The van der Waals surface area contributed by atoms with E-state index < -0.39 is 5.34 Å². The molecule has 0 saturated carbocycles. The summed E-state index contributed by atoms with van der Waals surface area (Å²) in [7, 11) is 14.4. The molecule has 0 bridgehead atoms. The van der Waals surface area contributed by atoms with Crippen LogP contribution in [0.2, 0.25) is 0 Å². The van der Waals surface area contributed by atoms with Gasteiger partial charge in [-0.1, -0.05) is 33.8 Å². The smallest absolute Gasteiger partial charge is 0.272 e. The molecule has 3 rings (SSSR count). The zero-order valence-electron chi connectivity index (χ0n) is 17.3. The summed E-state index contributed by atoms with van der Waals surface area (Å²) in [5.41, 5.74) is 0.915. The van der Waals surface area contributed by atoms with E-state index in [1.165, 1.54) is 0 Å². The van der Waals surface area contributed by atoms with Crippen LogP contribution >= 0.6 is 0 Å². The molecule has 1 amide bonds. The number of rotatable bonds is 5. The van der Waals surface area contributed by atoms with Gasteiger partial charge in [0.1, 0.15) is 5.69 Å². The van der Waals surface area contributed by atoms with E-state index in [2.05, 4.69) is 18.8 Å². The number of carbonyl (C=O) groups excluding carboxylic acids is 1. The number of pyridine rings is 1. The first kappa shape index (κ1) is 22.0. The van der Waals surface area contributed by atoms with Gasteiger partial charge in [-0.3, -0.25) is 4.79 Å². The third kappa shape index (κ3) is 4.75. The Labute approximate surface area is 166 Å². The van der Waals surface area contributed by atoms with Crippen LogP contribution in [0, 0.1) is 11.8 Å². The minimum atomic E-state index is -1.15. The Hall–Kier alpha value is -1.33. The first-order valence-corrected chi connectivity index (χ1v) is 9.95. The van der Waals surface area contributed by atoms with Gasteiger partial charge in [0.25, 0.3) is 5.91 Å². The minimum Gasteiger partial charge on any atom is -0.380 e. The van der Waals surface area contributed by atoms with Gasteiger partial charge in [0.2, 0.25) is 0 Å². The van der Waals surface area contributed by atoms with E-state index in [1.807, 2.05) is 18.7 Å². The number of nitrogens with zero attached hydrogens (tertiary/aromatic N) is 3. The fourth-order valence-corrected chi connectivity index (χ4v) is 3.44. The molecule has 27 heavy (non-hydrogen) atoms. The van der Waals surface area contributed by atoms with Gasteiger partial charge in [-0.25, -0.2) is 4.98 Å². The fraction of sp³-hybridized carbons (Fsp3) is 0.700. The molecule has 1 atom stereocenters. The lowest BCUT2D eigenvalue weighted by atomic mass is 9.56. The number of amides is 1. The van der Waals surface area contributed by atoms with Crippen LogP contribution in [0.15, 0.2) is 18.2 Å². The highest BCUT2D eigenvalue weighted by Crippen LogP contribution is 2.32. The van der Waals surface area contributed by atoms with Crippen molar-refractivity contribution < 1.29 is 9.53 Å². The normalized spacial score (nSPS) is 21.0. The molecule has 0 spiro atoms. The number of hydrogen-bond acceptors (Lipinski definition) is 4. The largest absolute Gasteiger partial charge is 0.380 e. The zero-order chi connectivity index (χ0) is 20.2. The van der Waals surface area contributed by atoms with Gasteiger partial charge in [-0.15, -0.1) is 0 Å². The van der Waals surface area contributed by atoms with E-state index in [0.29, 0.717) is 36.3 Å². The van der Waals surface area contributed by atoms with Gasteiger partial charge >= 0.3 is 0 Å². The fourth-order valence-electron chi connectivity index (χ4n) is 3.44. The average molecular weight is 367 g/mol. The molecule has 7 heteroatoms. The van der Waals surface area contributed by atoms with E-state index in [-0.39, 0.29) is 12.0 Å². The van der Waals surface area contributed by atoms with Crippen molar-refractivity contribution in [2.24, 2.45) is 11.8 Å². The van der Waals surface area contributed by atoms with Crippen LogP contribution in [0.1, 0.15) is 50.3 Å². The summed E-state index contributed by atoms with van der Waals surface area (Å²) in [5.74, 6) is 1.12. The number of hydrogen-bond donors (Lipinski definition) is 0. The van der Waals surface area contributed by atoms with Gasteiger partial charge < -0.3 is 14.5 Å². The Balaban J connectivity index is 0.00000126. The second-order valence-corrected chi connectivity index (χ2v) is 7.54. The highest BCUT2D eigenvalue weighted by atomic mass is 16.5. The summed E-state index contributed by atoms with van der Waals surface area (Å²) in [6, 6.07) is 5.31. The molecule has 1 aromatic rings. The van der Waals surface area contributed by atoms with Crippen molar-refractivity contribution in [2.45, 2.75) is 45.6 Å². The Morgan fingerprint density at radius 3 is 2.48 bits per heavy atom. The predicted octanol–water partition coefficient (Wildman–Crippen LogP) is 2.00. The molecular formula is C20H31B2N3O2. The van der Waals surface area contributed by atoms with E-state index in [1.54, 1.807) is 30.2 Å². The molecule has 2 fully saturated rings. The molecule has 2 aliphatic heterocycles. The van der Waals surface area contributed by atoms with Crippen molar-refractivity contribution in [1.29, 1.82) is 0 Å². The lowest BCUT2D eigenvalue weighted by molar-refractivity contribution is 0.0371. The number of carbonyl (C=O) groups is 1. The van der Waals surface area contributed by atoms with Crippen LogP contribution in [-0.2, 0) is 10.1 Å². The van der Waals surface area contributed by atoms with Crippen molar-refractivity contribution in [1.82, 2.24) is 14.8 Å². The van der Waals surface area contributed by atoms with Crippen molar-refractivity contribution in [3.8, 4) is 0 Å². The molecule has 1 unspecified atom stereocenters. The van der Waals surface area contributed by atoms with Gasteiger partial charge in [0, 0.05) is 39.0 Å². The zero-order valence-corrected chi connectivity index (χ0v) is 17.3. The Bertz CT molecular complexity index is 633. The summed E-state index contributed by atoms with van der Waals surface area (Å²) in [5, 5.41) is -1.15. The molecule has 144 valence electrons. The lowest BCUT2D eigenvalue weighted by Gasteiger charge is -2.51.